The number of benzene rings is 2. The Kier molecular flexibility index (Phi) is 4.47. The second kappa shape index (κ2) is 7.52. The molecule has 0 radical (unpaired) electrons. The molecule has 0 unspecified atom stereocenters. The molecule has 3 aromatic heterocycles. The van der Waals surface area contributed by atoms with Gasteiger partial charge in [0, 0.05) is 22.6 Å². The first-order valence-electron chi connectivity index (χ1n) is 11.1. The highest BCUT2D eigenvalue weighted by Gasteiger charge is 2.30. The number of carbonyl (C=O) groups is 1. The van der Waals surface area contributed by atoms with E-state index in [0.29, 0.717) is 23.7 Å². The number of hydrogen-bond donors (Lipinski definition) is 1. The molecule has 1 aliphatic carbocycles. The number of fused-ring (bicyclic) bond motifs is 2. The predicted molar refractivity (Wildman–Crippen MR) is 127 cm³/mol. The van der Waals surface area contributed by atoms with Crippen LogP contribution in [0.3, 0.4) is 0 Å². The van der Waals surface area contributed by atoms with Gasteiger partial charge in [0.25, 0.3) is 0 Å². The van der Waals surface area contributed by atoms with Crippen molar-refractivity contribution in [3.63, 3.8) is 0 Å². The topological polar surface area (TPSA) is 80.9 Å². The number of carboxylic acid groups (broad SMARTS) is 1. The molecule has 0 amide bonds. The summed E-state index contributed by atoms with van der Waals surface area (Å²) in [6.45, 7) is 2.72. The van der Waals surface area contributed by atoms with E-state index in [0.717, 1.165) is 39.1 Å². The molecule has 2 aromatic carbocycles. The lowest BCUT2D eigenvalue weighted by atomic mass is 10.0. The normalized spacial score (nSPS) is 13.6. The van der Waals surface area contributed by atoms with Crippen molar-refractivity contribution in [3.8, 4) is 11.3 Å². The second-order valence-corrected chi connectivity index (χ2v) is 8.70. The maximum atomic E-state index is 11.6. The van der Waals surface area contributed by atoms with E-state index in [-0.39, 0.29) is 5.56 Å². The summed E-state index contributed by atoms with van der Waals surface area (Å²) in [5, 5.41) is 10.5. The van der Waals surface area contributed by atoms with Crippen LogP contribution in [-0.4, -0.2) is 30.6 Å². The van der Waals surface area contributed by atoms with Gasteiger partial charge in [0.1, 0.15) is 11.3 Å². The number of aromatic nitrogens is 4. The SMILES string of the molecule is Cc1ccc2nc(C3CC3)n(Cc3ccc4nc(-c5ccccc5C(=O)O)ccc4c3)c2n1. The fraction of sp³-hybridized carbons (Fsp3) is 0.185. The summed E-state index contributed by atoms with van der Waals surface area (Å²) >= 11 is 0. The Balaban J connectivity index is 1.39. The van der Waals surface area contributed by atoms with Crippen molar-refractivity contribution < 1.29 is 9.90 Å². The van der Waals surface area contributed by atoms with Crippen molar-refractivity contribution in [2.75, 3.05) is 0 Å². The summed E-state index contributed by atoms with van der Waals surface area (Å²) in [5.41, 5.74) is 6.41. The molecule has 0 spiro atoms. The van der Waals surface area contributed by atoms with Crippen molar-refractivity contribution in [2.24, 2.45) is 0 Å². The second-order valence-electron chi connectivity index (χ2n) is 8.70. The fourth-order valence-electron chi connectivity index (χ4n) is 4.42. The molecule has 33 heavy (non-hydrogen) atoms. The highest BCUT2D eigenvalue weighted by Crippen LogP contribution is 2.40. The van der Waals surface area contributed by atoms with Crippen molar-refractivity contribution in [3.05, 3.63) is 89.4 Å². The Labute approximate surface area is 190 Å². The van der Waals surface area contributed by atoms with Crippen LogP contribution in [0.2, 0.25) is 0 Å². The maximum absolute atomic E-state index is 11.6. The molecular formula is C27H22N4O2. The summed E-state index contributed by atoms with van der Waals surface area (Å²) in [6.07, 6.45) is 2.37. The Morgan fingerprint density at radius 2 is 1.79 bits per heavy atom. The van der Waals surface area contributed by atoms with Gasteiger partial charge in [-0.1, -0.05) is 30.3 Å². The molecule has 0 aliphatic heterocycles. The van der Waals surface area contributed by atoms with Gasteiger partial charge in [0.2, 0.25) is 0 Å². The fourth-order valence-corrected chi connectivity index (χ4v) is 4.42. The minimum atomic E-state index is -0.953. The standard InChI is InChI=1S/C27H22N4O2/c1-16-6-11-24-26(28-16)31(25(30-24)18-8-9-18)15-17-7-12-22-19(14-17)10-13-23(29-22)20-4-2-3-5-21(20)27(32)33/h2-7,10-14,18H,8-9,15H2,1H3,(H,32,33). The van der Waals surface area contributed by atoms with E-state index in [1.165, 1.54) is 12.8 Å². The van der Waals surface area contributed by atoms with Crippen LogP contribution in [0.5, 0.6) is 0 Å². The van der Waals surface area contributed by atoms with Gasteiger partial charge in [-0.3, -0.25) is 0 Å². The van der Waals surface area contributed by atoms with E-state index in [9.17, 15) is 9.90 Å². The van der Waals surface area contributed by atoms with Gasteiger partial charge in [-0.05, 0) is 61.7 Å². The van der Waals surface area contributed by atoms with Crippen LogP contribution in [0.15, 0.2) is 66.7 Å². The third kappa shape index (κ3) is 3.53. The van der Waals surface area contributed by atoms with Gasteiger partial charge < -0.3 is 9.67 Å². The maximum Gasteiger partial charge on any atom is 0.336 e. The summed E-state index contributed by atoms with van der Waals surface area (Å²) in [4.78, 5) is 26.0. The smallest absolute Gasteiger partial charge is 0.336 e. The van der Waals surface area contributed by atoms with E-state index < -0.39 is 5.97 Å². The van der Waals surface area contributed by atoms with E-state index in [2.05, 4.69) is 22.8 Å². The molecule has 1 saturated carbocycles. The lowest BCUT2D eigenvalue weighted by Gasteiger charge is -2.11. The number of hydrogen-bond acceptors (Lipinski definition) is 4. The Morgan fingerprint density at radius 1 is 0.970 bits per heavy atom. The van der Waals surface area contributed by atoms with Crippen LogP contribution in [0, 0.1) is 6.92 Å². The molecule has 6 nitrogen and oxygen atoms in total. The molecule has 0 atom stereocenters. The molecule has 6 rings (SSSR count). The average Bonchev–Trinajstić information content (AvgIpc) is 3.62. The zero-order valence-electron chi connectivity index (χ0n) is 18.2. The average molecular weight is 434 g/mol. The van der Waals surface area contributed by atoms with E-state index in [4.69, 9.17) is 15.0 Å². The zero-order valence-corrected chi connectivity index (χ0v) is 18.2. The minimum Gasteiger partial charge on any atom is -0.478 e. The van der Waals surface area contributed by atoms with Gasteiger partial charge in [-0.15, -0.1) is 0 Å². The third-order valence-electron chi connectivity index (χ3n) is 6.23. The lowest BCUT2D eigenvalue weighted by Crippen LogP contribution is -2.05. The number of aryl methyl sites for hydroxylation is 1. The van der Waals surface area contributed by atoms with Gasteiger partial charge in [-0.2, -0.15) is 0 Å². The molecule has 0 bridgehead atoms. The summed E-state index contributed by atoms with van der Waals surface area (Å²) in [7, 11) is 0. The number of imidazole rings is 1. The van der Waals surface area contributed by atoms with Crippen molar-refractivity contribution in [1.29, 1.82) is 0 Å². The summed E-state index contributed by atoms with van der Waals surface area (Å²) < 4.78 is 2.26. The number of nitrogens with zero attached hydrogens (tertiary/aromatic N) is 4. The van der Waals surface area contributed by atoms with Crippen LogP contribution in [0.25, 0.3) is 33.3 Å². The summed E-state index contributed by atoms with van der Waals surface area (Å²) in [5.74, 6) is 0.700. The van der Waals surface area contributed by atoms with Crippen molar-refractivity contribution in [2.45, 2.75) is 32.2 Å². The molecule has 1 fully saturated rings. The minimum absolute atomic E-state index is 0.253. The first-order chi connectivity index (χ1) is 16.1. The number of aromatic carboxylic acids is 1. The quantitative estimate of drug-likeness (QED) is 0.391. The van der Waals surface area contributed by atoms with Crippen molar-refractivity contribution >= 4 is 28.0 Å². The van der Waals surface area contributed by atoms with E-state index in [1.807, 2.05) is 37.3 Å². The molecule has 1 N–H and O–H groups in total. The van der Waals surface area contributed by atoms with E-state index >= 15 is 0 Å². The first-order valence-corrected chi connectivity index (χ1v) is 11.1. The summed E-state index contributed by atoms with van der Waals surface area (Å²) in [6, 6.07) is 21.2. The third-order valence-corrected chi connectivity index (χ3v) is 6.23. The van der Waals surface area contributed by atoms with Crippen LogP contribution in [-0.2, 0) is 6.54 Å². The molecule has 1 aliphatic rings. The van der Waals surface area contributed by atoms with Gasteiger partial charge >= 0.3 is 5.97 Å². The van der Waals surface area contributed by atoms with Gasteiger partial charge in [0.15, 0.2) is 5.65 Å². The monoisotopic (exact) mass is 434 g/mol. The number of pyridine rings is 2. The predicted octanol–water partition coefficient (Wildman–Crippen LogP) is 5.58. The first kappa shape index (κ1) is 19.6. The van der Waals surface area contributed by atoms with Gasteiger partial charge in [-0.25, -0.2) is 19.7 Å². The zero-order chi connectivity index (χ0) is 22.5. The van der Waals surface area contributed by atoms with Gasteiger partial charge in [0.05, 0.1) is 23.3 Å². The largest absolute Gasteiger partial charge is 0.478 e. The van der Waals surface area contributed by atoms with Crippen LogP contribution >= 0.6 is 0 Å². The molecule has 162 valence electrons. The van der Waals surface area contributed by atoms with Crippen molar-refractivity contribution in [1.82, 2.24) is 19.5 Å². The van der Waals surface area contributed by atoms with Crippen LogP contribution < -0.4 is 0 Å². The molecule has 6 heteroatoms. The molecule has 0 saturated heterocycles. The lowest BCUT2D eigenvalue weighted by molar-refractivity contribution is 0.0697. The highest BCUT2D eigenvalue weighted by atomic mass is 16.4. The Bertz CT molecular complexity index is 1550. The molecule has 5 aromatic rings. The van der Waals surface area contributed by atoms with Crippen LogP contribution in [0.1, 0.15) is 46.2 Å². The Morgan fingerprint density at radius 3 is 2.61 bits per heavy atom. The number of carboxylic acids is 1. The molecule has 3 heterocycles. The number of rotatable bonds is 5. The van der Waals surface area contributed by atoms with E-state index in [1.54, 1.807) is 18.2 Å². The van der Waals surface area contributed by atoms with Crippen LogP contribution in [0.4, 0.5) is 0 Å². The highest BCUT2D eigenvalue weighted by molar-refractivity contribution is 5.96. The Hall–Kier alpha value is -4.06. The molecular weight excluding hydrogens is 412 g/mol.